The number of aromatic amines is 1. The fraction of sp³-hybridized carbons (Fsp3) is 0.583. The molecule has 8 heteroatoms. The predicted octanol–water partition coefficient (Wildman–Crippen LogP) is -1.50. The Morgan fingerprint density at radius 2 is 2.30 bits per heavy atom. The average molecular weight is 283 g/mol. The van der Waals surface area contributed by atoms with Crippen LogP contribution in [-0.2, 0) is 20.7 Å². The molecule has 1 unspecified atom stereocenters. The zero-order valence-electron chi connectivity index (χ0n) is 11.8. The number of aromatic nitrogens is 2. The van der Waals surface area contributed by atoms with Crippen molar-refractivity contribution in [3.8, 4) is 0 Å². The van der Waals surface area contributed by atoms with E-state index in [9.17, 15) is 9.59 Å². The Balaban J connectivity index is 2.12. The predicted molar refractivity (Wildman–Crippen MR) is 72.8 cm³/mol. The third kappa shape index (κ3) is 5.81. The van der Waals surface area contributed by atoms with Gasteiger partial charge < -0.3 is 25.7 Å². The van der Waals surface area contributed by atoms with Crippen LogP contribution in [0, 0.1) is 0 Å². The largest absolute Gasteiger partial charge is 0.370 e. The van der Waals surface area contributed by atoms with Crippen LogP contribution >= 0.6 is 0 Å². The van der Waals surface area contributed by atoms with E-state index in [0.29, 0.717) is 13.0 Å². The molecule has 0 saturated carbocycles. The molecule has 20 heavy (non-hydrogen) atoms. The molecule has 8 nitrogen and oxygen atoms in total. The summed E-state index contributed by atoms with van der Waals surface area (Å²) in [5.74, 6) is -0.380. The van der Waals surface area contributed by atoms with Gasteiger partial charge in [-0.25, -0.2) is 4.98 Å². The van der Waals surface area contributed by atoms with E-state index in [4.69, 9.17) is 10.5 Å². The maximum Gasteiger partial charge on any atom is 0.248 e. The fourth-order valence-electron chi connectivity index (χ4n) is 1.39. The van der Waals surface area contributed by atoms with E-state index in [2.05, 4.69) is 15.3 Å². The van der Waals surface area contributed by atoms with Crippen LogP contribution in [0.1, 0.15) is 5.69 Å². The van der Waals surface area contributed by atoms with Gasteiger partial charge >= 0.3 is 0 Å². The quantitative estimate of drug-likeness (QED) is 0.503. The number of H-pyrrole nitrogens is 1. The highest BCUT2D eigenvalue weighted by Gasteiger charge is 2.14. The second-order valence-electron chi connectivity index (χ2n) is 4.52. The third-order valence-electron chi connectivity index (χ3n) is 2.60. The van der Waals surface area contributed by atoms with Crippen molar-refractivity contribution >= 4 is 11.8 Å². The topological polar surface area (TPSA) is 113 Å². The van der Waals surface area contributed by atoms with Gasteiger partial charge in [0.05, 0.1) is 19.0 Å². The number of imidazole rings is 1. The summed E-state index contributed by atoms with van der Waals surface area (Å²) >= 11 is 0. The molecule has 0 spiro atoms. The third-order valence-corrected chi connectivity index (χ3v) is 2.60. The van der Waals surface area contributed by atoms with E-state index in [-0.39, 0.29) is 25.0 Å². The first-order valence-electron chi connectivity index (χ1n) is 6.29. The van der Waals surface area contributed by atoms with Gasteiger partial charge in [-0.05, 0) is 0 Å². The van der Waals surface area contributed by atoms with Crippen molar-refractivity contribution in [3.63, 3.8) is 0 Å². The molecule has 0 fully saturated rings. The number of ether oxygens (including phenoxy) is 1. The van der Waals surface area contributed by atoms with Gasteiger partial charge in [-0.1, -0.05) is 0 Å². The summed E-state index contributed by atoms with van der Waals surface area (Å²) in [6.45, 7) is 0.585. The lowest BCUT2D eigenvalue weighted by Gasteiger charge is -2.12. The molecule has 2 amide bonds. The Labute approximate surface area is 117 Å². The minimum atomic E-state index is -0.640. The zero-order valence-corrected chi connectivity index (χ0v) is 11.8. The smallest absolute Gasteiger partial charge is 0.248 e. The molecule has 0 saturated heterocycles. The summed E-state index contributed by atoms with van der Waals surface area (Å²) in [6, 6.07) is -0.640. The fourth-order valence-corrected chi connectivity index (χ4v) is 1.39. The van der Waals surface area contributed by atoms with Crippen molar-refractivity contribution in [1.82, 2.24) is 20.2 Å². The van der Waals surface area contributed by atoms with Gasteiger partial charge in [-0.3, -0.25) is 9.59 Å². The molecule has 1 rings (SSSR count). The van der Waals surface area contributed by atoms with E-state index in [1.165, 1.54) is 11.2 Å². The molecule has 1 heterocycles. The van der Waals surface area contributed by atoms with Crippen LogP contribution in [0.15, 0.2) is 12.5 Å². The first-order chi connectivity index (χ1) is 9.50. The van der Waals surface area contributed by atoms with Crippen LogP contribution in [0.3, 0.4) is 0 Å². The molecule has 0 bridgehead atoms. The van der Waals surface area contributed by atoms with Crippen molar-refractivity contribution in [2.75, 3.05) is 33.9 Å². The summed E-state index contributed by atoms with van der Waals surface area (Å²) in [5, 5.41) is 2.65. The zero-order chi connectivity index (χ0) is 15.0. The normalized spacial score (nSPS) is 11.9. The molecule has 1 aromatic rings. The monoisotopic (exact) mass is 283 g/mol. The Morgan fingerprint density at radius 3 is 2.90 bits per heavy atom. The van der Waals surface area contributed by atoms with Gasteiger partial charge in [0.25, 0.3) is 0 Å². The van der Waals surface area contributed by atoms with Crippen molar-refractivity contribution in [3.05, 3.63) is 18.2 Å². The second-order valence-corrected chi connectivity index (χ2v) is 4.52. The van der Waals surface area contributed by atoms with E-state index < -0.39 is 6.04 Å². The molecule has 1 aromatic heterocycles. The Kier molecular flexibility index (Phi) is 6.68. The number of nitrogens with zero attached hydrogens (tertiary/aromatic N) is 2. The summed E-state index contributed by atoms with van der Waals surface area (Å²) in [4.78, 5) is 31.1. The standard InChI is InChI=1S/C12H21N5O3/c1-17(2)11(18)7-20-4-3-15-12(19)10(13)5-9-6-14-8-16-9/h6,8,10H,3-5,7,13H2,1-2H3,(H,14,16)(H,15,19). The molecule has 0 radical (unpaired) electrons. The van der Waals surface area contributed by atoms with Crippen molar-refractivity contribution < 1.29 is 14.3 Å². The van der Waals surface area contributed by atoms with Gasteiger partial charge in [0, 0.05) is 39.0 Å². The van der Waals surface area contributed by atoms with Crippen LogP contribution in [0.2, 0.25) is 0 Å². The molecular weight excluding hydrogens is 262 g/mol. The number of carbonyl (C=O) groups excluding carboxylic acids is 2. The molecule has 0 aliphatic heterocycles. The lowest BCUT2D eigenvalue weighted by Crippen LogP contribution is -2.43. The number of likely N-dealkylation sites (N-methyl/N-ethyl adjacent to an activating group) is 1. The lowest BCUT2D eigenvalue weighted by atomic mass is 10.1. The molecule has 112 valence electrons. The molecular formula is C12H21N5O3. The minimum Gasteiger partial charge on any atom is -0.370 e. The maximum atomic E-state index is 11.7. The van der Waals surface area contributed by atoms with Crippen LogP contribution in [0.5, 0.6) is 0 Å². The SMILES string of the molecule is CN(C)C(=O)COCCNC(=O)C(N)Cc1cnc[nH]1. The first-order valence-corrected chi connectivity index (χ1v) is 6.29. The number of nitrogens with two attached hydrogens (primary N) is 1. The highest BCUT2D eigenvalue weighted by Crippen LogP contribution is 1.96. The van der Waals surface area contributed by atoms with Gasteiger partial charge in [0.1, 0.15) is 6.61 Å². The van der Waals surface area contributed by atoms with Crippen molar-refractivity contribution in [2.24, 2.45) is 5.73 Å². The van der Waals surface area contributed by atoms with E-state index in [0.717, 1.165) is 5.69 Å². The minimum absolute atomic E-state index is 0.00304. The number of hydrogen-bond donors (Lipinski definition) is 3. The lowest BCUT2D eigenvalue weighted by molar-refractivity contribution is -0.133. The first kappa shape index (κ1) is 16.1. The molecule has 4 N–H and O–H groups in total. The van der Waals surface area contributed by atoms with Crippen LogP contribution in [0.25, 0.3) is 0 Å². The van der Waals surface area contributed by atoms with Crippen LogP contribution in [0.4, 0.5) is 0 Å². The number of hydrogen-bond acceptors (Lipinski definition) is 5. The molecule has 0 aliphatic rings. The van der Waals surface area contributed by atoms with E-state index in [1.807, 2.05) is 0 Å². The number of amides is 2. The molecule has 1 atom stereocenters. The highest BCUT2D eigenvalue weighted by atomic mass is 16.5. The molecule has 0 aromatic carbocycles. The summed E-state index contributed by atoms with van der Waals surface area (Å²) < 4.78 is 5.13. The highest BCUT2D eigenvalue weighted by molar-refractivity contribution is 5.81. The van der Waals surface area contributed by atoms with Gasteiger partial charge in [0.2, 0.25) is 11.8 Å². The van der Waals surface area contributed by atoms with Gasteiger partial charge in [-0.2, -0.15) is 0 Å². The van der Waals surface area contributed by atoms with Crippen molar-refractivity contribution in [1.29, 1.82) is 0 Å². The van der Waals surface area contributed by atoms with Crippen LogP contribution in [-0.4, -0.2) is 66.6 Å². The Bertz CT molecular complexity index is 419. The van der Waals surface area contributed by atoms with E-state index in [1.54, 1.807) is 20.3 Å². The Morgan fingerprint density at radius 1 is 1.55 bits per heavy atom. The summed E-state index contributed by atoms with van der Waals surface area (Å²) in [6.07, 6.45) is 3.56. The Hall–Kier alpha value is -1.93. The number of carbonyl (C=O) groups is 2. The summed E-state index contributed by atoms with van der Waals surface area (Å²) in [7, 11) is 3.31. The van der Waals surface area contributed by atoms with Crippen LogP contribution < -0.4 is 11.1 Å². The number of rotatable bonds is 8. The maximum absolute atomic E-state index is 11.7. The van der Waals surface area contributed by atoms with E-state index >= 15 is 0 Å². The van der Waals surface area contributed by atoms with Gasteiger partial charge in [-0.15, -0.1) is 0 Å². The second kappa shape index (κ2) is 8.28. The van der Waals surface area contributed by atoms with Gasteiger partial charge in [0.15, 0.2) is 0 Å². The summed E-state index contributed by atoms with van der Waals surface area (Å²) in [5.41, 5.74) is 6.56. The number of nitrogens with one attached hydrogen (secondary N) is 2. The average Bonchev–Trinajstić information content (AvgIpc) is 2.90. The van der Waals surface area contributed by atoms with Crippen molar-refractivity contribution in [2.45, 2.75) is 12.5 Å². The molecule has 0 aliphatic carbocycles.